The molecule has 0 amide bonds. The Hall–Kier alpha value is -1.95. The molecule has 0 atom stereocenters. The van der Waals surface area contributed by atoms with Crippen LogP contribution in [0.5, 0.6) is 0 Å². The number of fused-ring (bicyclic) bond motifs is 1. The van der Waals surface area contributed by atoms with Crippen molar-refractivity contribution in [2.75, 3.05) is 0 Å². The molecule has 1 aromatic heterocycles. The quantitative estimate of drug-likeness (QED) is 0.671. The van der Waals surface area contributed by atoms with Crippen molar-refractivity contribution in [3.8, 4) is 17.3 Å². The number of hydrogen-bond donors (Lipinski definition) is 1. The third kappa shape index (κ3) is 2.08. The maximum atomic E-state index is 9.37. The van der Waals surface area contributed by atoms with Gasteiger partial charge in [-0.2, -0.15) is 5.26 Å². The second-order valence-electron chi connectivity index (χ2n) is 4.18. The minimum Gasteiger partial charge on any atom is -0.353 e. The molecule has 0 radical (unpaired) electrons. The van der Waals surface area contributed by atoms with Crippen molar-refractivity contribution in [2.24, 2.45) is 0 Å². The second kappa shape index (κ2) is 4.62. The van der Waals surface area contributed by atoms with Crippen molar-refractivity contribution in [3.63, 3.8) is 0 Å². The van der Waals surface area contributed by atoms with E-state index in [1.807, 2.05) is 18.2 Å². The maximum absolute atomic E-state index is 9.37. The van der Waals surface area contributed by atoms with Crippen molar-refractivity contribution < 1.29 is 0 Å². The Morgan fingerprint density at radius 3 is 2.32 bits per heavy atom. The zero-order chi connectivity index (χ0) is 13.4. The molecule has 0 fully saturated rings. The number of nitriles is 1. The molecule has 1 N–H and O–H groups in total. The highest BCUT2D eigenvalue weighted by atomic mass is 35.5. The van der Waals surface area contributed by atoms with Crippen LogP contribution >= 0.6 is 23.2 Å². The zero-order valence-corrected chi connectivity index (χ0v) is 11.3. The molecule has 0 bridgehead atoms. The third-order valence-electron chi connectivity index (χ3n) is 3.01. The van der Waals surface area contributed by atoms with E-state index >= 15 is 0 Å². The minimum atomic E-state index is 0.597. The number of aromatic nitrogens is 1. The summed E-state index contributed by atoms with van der Waals surface area (Å²) in [5.41, 5.74) is 3.20. The largest absolute Gasteiger partial charge is 0.353 e. The van der Waals surface area contributed by atoms with Crippen molar-refractivity contribution in [3.05, 3.63) is 58.1 Å². The van der Waals surface area contributed by atoms with Gasteiger partial charge in [-0.1, -0.05) is 35.3 Å². The lowest BCUT2D eigenvalue weighted by Gasteiger charge is -1.99. The molecular weight excluding hydrogens is 279 g/mol. The number of benzene rings is 2. The summed E-state index contributed by atoms with van der Waals surface area (Å²) in [6.07, 6.45) is 0. The van der Waals surface area contributed by atoms with E-state index < -0.39 is 0 Å². The lowest BCUT2D eigenvalue weighted by Crippen LogP contribution is -1.80. The molecule has 3 rings (SSSR count). The number of H-pyrrole nitrogens is 1. The van der Waals surface area contributed by atoms with E-state index in [1.165, 1.54) is 0 Å². The molecule has 0 aliphatic carbocycles. The lowest BCUT2D eigenvalue weighted by molar-refractivity contribution is 1.43. The summed E-state index contributed by atoms with van der Waals surface area (Å²) >= 11 is 11.9. The molecule has 19 heavy (non-hydrogen) atoms. The van der Waals surface area contributed by atoms with Crippen LogP contribution in [0.15, 0.2) is 42.5 Å². The molecule has 0 aliphatic rings. The number of hydrogen-bond acceptors (Lipinski definition) is 1. The van der Waals surface area contributed by atoms with Crippen LogP contribution in [-0.2, 0) is 0 Å². The van der Waals surface area contributed by atoms with Crippen LogP contribution in [0.1, 0.15) is 5.56 Å². The van der Waals surface area contributed by atoms with E-state index in [-0.39, 0.29) is 0 Å². The van der Waals surface area contributed by atoms with Crippen molar-refractivity contribution in [1.29, 1.82) is 5.26 Å². The van der Waals surface area contributed by atoms with Gasteiger partial charge in [-0.3, -0.25) is 0 Å². The summed E-state index contributed by atoms with van der Waals surface area (Å²) in [5.74, 6) is 0. The van der Waals surface area contributed by atoms with Crippen LogP contribution in [0.2, 0.25) is 10.0 Å². The standard InChI is InChI=1S/C15H8Cl2N2/c16-10-3-1-9(2-4-10)15-13(8-18)12-7-11(17)5-6-14(12)19-15/h1-7,19H. The van der Waals surface area contributed by atoms with Crippen LogP contribution in [0.3, 0.4) is 0 Å². The molecule has 2 aromatic carbocycles. The van der Waals surface area contributed by atoms with Crippen LogP contribution < -0.4 is 0 Å². The fourth-order valence-electron chi connectivity index (χ4n) is 2.11. The smallest absolute Gasteiger partial charge is 0.102 e. The van der Waals surface area contributed by atoms with Gasteiger partial charge in [0.25, 0.3) is 0 Å². The maximum Gasteiger partial charge on any atom is 0.102 e. The summed E-state index contributed by atoms with van der Waals surface area (Å²) in [6, 6.07) is 15.1. The first-order valence-electron chi connectivity index (χ1n) is 5.66. The predicted octanol–water partition coefficient (Wildman–Crippen LogP) is 5.01. The molecule has 2 nitrogen and oxygen atoms in total. The highest BCUT2D eigenvalue weighted by molar-refractivity contribution is 6.31. The van der Waals surface area contributed by atoms with Gasteiger partial charge in [0.1, 0.15) is 6.07 Å². The predicted molar refractivity (Wildman–Crippen MR) is 78.5 cm³/mol. The van der Waals surface area contributed by atoms with E-state index in [2.05, 4.69) is 11.1 Å². The van der Waals surface area contributed by atoms with Gasteiger partial charge < -0.3 is 4.98 Å². The fraction of sp³-hybridized carbons (Fsp3) is 0. The molecule has 92 valence electrons. The monoisotopic (exact) mass is 286 g/mol. The van der Waals surface area contributed by atoms with Gasteiger partial charge in [-0.15, -0.1) is 0 Å². The Kier molecular flexibility index (Phi) is 2.94. The molecule has 3 aromatic rings. The first-order valence-corrected chi connectivity index (χ1v) is 6.42. The van der Waals surface area contributed by atoms with Crippen molar-refractivity contribution in [1.82, 2.24) is 4.98 Å². The van der Waals surface area contributed by atoms with Gasteiger partial charge in [0.15, 0.2) is 0 Å². The highest BCUT2D eigenvalue weighted by Gasteiger charge is 2.13. The molecule has 0 spiro atoms. The van der Waals surface area contributed by atoms with Gasteiger partial charge in [-0.25, -0.2) is 0 Å². The van der Waals surface area contributed by atoms with Crippen LogP contribution in [0, 0.1) is 11.3 Å². The molecule has 4 heteroatoms. The SMILES string of the molecule is N#Cc1c(-c2ccc(Cl)cc2)[nH]c2ccc(Cl)cc12. The number of nitrogens with one attached hydrogen (secondary N) is 1. The van der Waals surface area contributed by atoms with Crippen LogP contribution in [0.4, 0.5) is 0 Å². The fourth-order valence-corrected chi connectivity index (χ4v) is 2.41. The van der Waals surface area contributed by atoms with Crippen LogP contribution in [0.25, 0.3) is 22.2 Å². The minimum absolute atomic E-state index is 0.597. The molecule has 0 unspecified atom stereocenters. The molecule has 0 aliphatic heterocycles. The summed E-state index contributed by atoms with van der Waals surface area (Å²) in [5, 5.41) is 11.5. The van der Waals surface area contributed by atoms with Crippen molar-refractivity contribution in [2.45, 2.75) is 0 Å². The lowest BCUT2D eigenvalue weighted by atomic mass is 10.1. The van der Waals surface area contributed by atoms with Crippen LogP contribution in [-0.4, -0.2) is 4.98 Å². The summed E-state index contributed by atoms with van der Waals surface area (Å²) in [7, 11) is 0. The first kappa shape index (κ1) is 12.1. The van der Waals surface area contributed by atoms with Gasteiger partial charge in [0.2, 0.25) is 0 Å². The number of nitrogens with zero attached hydrogens (tertiary/aromatic N) is 1. The Labute approximate surface area is 120 Å². The zero-order valence-electron chi connectivity index (χ0n) is 9.74. The van der Waals surface area contributed by atoms with Gasteiger partial charge in [-0.05, 0) is 35.9 Å². The highest BCUT2D eigenvalue weighted by Crippen LogP contribution is 2.31. The summed E-state index contributed by atoms with van der Waals surface area (Å²) in [4.78, 5) is 3.25. The van der Waals surface area contributed by atoms with Gasteiger partial charge in [0.05, 0.1) is 11.3 Å². The number of halogens is 2. The molecular formula is C15H8Cl2N2. The topological polar surface area (TPSA) is 39.6 Å². The molecule has 0 saturated carbocycles. The Morgan fingerprint density at radius 2 is 1.63 bits per heavy atom. The number of aromatic amines is 1. The molecule has 1 heterocycles. The van der Waals surface area contributed by atoms with E-state index in [4.69, 9.17) is 23.2 Å². The van der Waals surface area contributed by atoms with Gasteiger partial charge >= 0.3 is 0 Å². The Morgan fingerprint density at radius 1 is 0.947 bits per heavy atom. The summed E-state index contributed by atoms with van der Waals surface area (Å²) in [6.45, 7) is 0. The Bertz CT molecular complexity index is 795. The third-order valence-corrected chi connectivity index (χ3v) is 3.49. The average molecular weight is 287 g/mol. The van der Waals surface area contributed by atoms with Gasteiger partial charge in [0, 0.05) is 20.9 Å². The van der Waals surface area contributed by atoms with Crippen molar-refractivity contribution >= 4 is 34.1 Å². The molecule has 0 saturated heterocycles. The van der Waals surface area contributed by atoms with E-state index in [1.54, 1.807) is 24.3 Å². The first-order chi connectivity index (χ1) is 9.19. The van der Waals surface area contributed by atoms with E-state index in [0.29, 0.717) is 15.6 Å². The summed E-state index contributed by atoms with van der Waals surface area (Å²) < 4.78 is 0. The number of rotatable bonds is 1. The Balaban J connectivity index is 2.29. The average Bonchev–Trinajstić information content (AvgIpc) is 2.77. The second-order valence-corrected chi connectivity index (χ2v) is 5.06. The van der Waals surface area contributed by atoms with E-state index in [9.17, 15) is 5.26 Å². The normalized spacial score (nSPS) is 10.6. The van der Waals surface area contributed by atoms with E-state index in [0.717, 1.165) is 22.2 Å².